The van der Waals surface area contributed by atoms with Crippen molar-refractivity contribution in [3.05, 3.63) is 29.8 Å². The van der Waals surface area contributed by atoms with Crippen LogP contribution in [0.2, 0.25) is 0 Å². The van der Waals surface area contributed by atoms with Gasteiger partial charge in [-0.05, 0) is 55.8 Å². The Morgan fingerprint density at radius 1 is 1.43 bits per heavy atom. The van der Waals surface area contributed by atoms with E-state index in [1.54, 1.807) is 0 Å². The molecule has 1 saturated heterocycles. The Balaban J connectivity index is 1.55. The van der Waals surface area contributed by atoms with Crippen LogP contribution >= 0.6 is 0 Å². The summed E-state index contributed by atoms with van der Waals surface area (Å²) in [6.07, 6.45) is 3.74. The zero-order valence-electron chi connectivity index (χ0n) is 12.6. The van der Waals surface area contributed by atoms with Gasteiger partial charge in [0.15, 0.2) is 0 Å². The molecular formula is C17H24N2O2. The molecule has 2 N–H and O–H groups in total. The topological polar surface area (TPSA) is 50.4 Å². The van der Waals surface area contributed by atoms with Crippen molar-refractivity contribution in [1.29, 1.82) is 0 Å². The molecule has 21 heavy (non-hydrogen) atoms. The highest BCUT2D eigenvalue weighted by atomic mass is 16.5. The first kappa shape index (κ1) is 14.4. The molecule has 3 unspecified atom stereocenters. The fourth-order valence-electron chi connectivity index (χ4n) is 3.69. The molecule has 4 nitrogen and oxygen atoms in total. The molecular weight excluding hydrogens is 264 g/mol. The summed E-state index contributed by atoms with van der Waals surface area (Å²) in [6, 6.07) is 7.92. The summed E-state index contributed by atoms with van der Waals surface area (Å²) in [5.74, 6) is 2.26. The molecule has 114 valence electrons. The summed E-state index contributed by atoms with van der Waals surface area (Å²) in [5, 5.41) is 6.46. The zero-order valence-corrected chi connectivity index (χ0v) is 12.6. The van der Waals surface area contributed by atoms with Gasteiger partial charge in [0.25, 0.3) is 0 Å². The van der Waals surface area contributed by atoms with E-state index in [0.29, 0.717) is 25.0 Å². The van der Waals surface area contributed by atoms with Gasteiger partial charge in [0, 0.05) is 6.54 Å². The van der Waals surface area contributed by atoms with Crippen LogP contribution in [-0.2, 0) is 11.3 Å². The molecule has 0 aromatic heterocycles. The molecule has 4 heteroatoms. The lowest BCUT2D eigenvalue weighted by Gasteiger charge is -2.18. The first-order valence-corrected chi connectivity index (χ1v) is 8.00. The van der Waals surface area contributed by atoms with Crippen LogP contribution < -0.4 is 15.4 Å². The highest BCUT2D eigenvalue weighted by Crippen LogP contribution is 2.37. The number of hydrogen-bond donors (Lipinski definition) is 2. The molecule has 1 heterocycles. The van der Waals surface area contributed by atoms with Gasteiger partial charge in [0.1, 0.15) is 5.75 Å². The molecule has 1 aromatic rings. The van der Waals surface area contributed by atoms with Gasteiger partial charge in [-0.15, -0.1) is 0 Å². The van der Waals surface area contributed by atoms with Gasteiger partial charge in [-0.1, -0.05) is 18.6 Å². The number of ether oxygens (including phenoxy) is 1. The van der Waals surface area contributed by atoms with Gasteiger partial charge in [0.05, 0.1) is 12.6 Å². The number of fused-ring (bicyclic) bond motifs is 1. The predicted molar refractivity (Wildman–Crippen MR) is 82.1 cm³/mol. The molecule has 1 amide bonds. The van der Waals surface area contributed by atoms with Crippen LogP contribution in [0.1, 0.15) is 31.7 Å². The van der Waals surface area contributed by atoms with Crippen molar-refractivity contribution in [1.82, 2.24) is 10.6 Å². The zero-order chi connectivity index (χ0) is 14.7. The summed E-state index contributed by atoms with van der Waals surface area (Å²) in [6.45, 7) is 4.20. The maximum absolute atomic E-state index is 12.4. The summed E-state index contributed by atoms with van der Waals surface area (Å²) in [5.41, 5.74) is 1.08. The van der Waals surface area contributed by atoms with Gasteiger partial charge in [-0.25, -0.2) is 0 Å². The van der Waals surface area contributed by atoms with Crippen molar-refractivity contribution in [2.75, 3.05) is 13.2 Å². The van der Waals surface area contributed by atoms with E-state index in [0.717, 1.165) is 17.9 Å². The highest BCUT2D eigenvalue weighted by Gasteiger charge is 2.42. The number of carbonyl (C=O) groups is 1. The summed E-state index contributed by atoms with van der Waals surface area (Å²) < 4.78 is 5.48. The largest absolute Gasteiger partial charge is 0.494 e. The van der Waals surface area contributed by atoms with E-state index < -0.39 is 0 Å². The van der Waals surface area contributed by atoms with Gasteiger partial charge < -0.3 is 15.4 Å². The second kappa shape index (κ2) is 6.48. The second-order valence-electron chi connectivity index (χ2n) is 6.04. The molecule has 3 atom stereocenters. The first-order valence-electron chi connectivity index (χ1n) is 8.00. The lowest BCUT2D eigenvalue weighted by atomic mass is 9.93. The summed E-state index contributed by atoms with van der Waals surface area (Å²) >= 11 is 0. The van der Waals surface area contributed by atoms with Crippen LogP contribution in [0.25, 0.3) is 0 Å². The van der Waals surface area contributed by atoms with E-state index in [2.05, 4.69) is 10.6 Å². The Morgan fingerprint density at radius 2 is 2.33 bits per heavy atom. The van der Waals surface area contributed by atoms with Gasteiger partial charge in [-0.2, -0.15) is 0 Å². The van der Waals surface area contributed by atoms with Crippen LogP contribution in [0.4, 0.5) is 0 Å². The molecule has 0 spiro atoms. The van der Waals surface area contributed by atoms with Crippen molar-refractivity contribution < 1.29 is 9.53 Å². The SMILES string of the molecule is CCOc1cccc(CNC(=O)C2NCC3CCCC32)c1. The van der Waals surface area contributed by atoms with Crippen molar-refractivity contribution in [3.8, 4) is 5.75 Å². The Morgan fingerprint density at radius 3 is 3.19 bits per heavy atom. The Kier molecular flexibility index (Phi) is 4.44. The third kappa shape index (κ3) is 3.21. The van der Waals surface area contributed by atoms with E-state index in [-0.39, 0.29) is 11.9 Å². The Labute approximate surface area is 126 Å². The number of carbonyl (C=O) groups excluding carboxylic acids is 1. The average molecular weight is 288 g/mol. The van der Waals surface area contributed by atoms with Crippen molar-refractivity contribution in [2.24, 2.45) is 11.8 Å². The standard InChI is InChI=1S/C17H24N2O2/c1-2-21-14-7-3-5-12(9-14)10-19-17(20)16-15-8-4-6-13(15)11-18-16/h3,5,7,9,13,15-16,18H,2,4,6,8,10-11H2,1H3,(H,19,20). The van der Waals surface area contributed by atoms with E-state index in [1.165, 1.54) is 19.3 Å². The molecule has 1 aromatic carbocycles. The Hall–Kier alpha value is -1.55. The van der Waals surface area contributed by atoms with Crippen molar-refractivity contribution in [2.45, 2.75) is 38.8 Å². The van der Waals surface area contributed by atoms with Gasteiger partial charge in [0.2, 0.25) is 5.91 Å². The maximum Gasteiger partial charge on any atom is 0.237 e. The molecule has 2 aliphatic rings. The number of nitrogens with one attached hydrogen (secondary N) is 2. The number of hydrogen-bond acceptors (Lipinski definition) is 3. The number of amides is 1. The molecule has 1 aliphatic heterocycles. The van der Waals surface area contributed by atoms with Crippen LogP contribution in [-0.4, -0.2) is 25.1 Å². The minimum Gasteiger partial charge on any atom is -0.494 e. The van der Waals surface area contributed by atoms with Crippen LogP contribution in [0.5, 0.6) is 5.75 Å². The minimum atomic E-state index is 0.00701. The number of rotatable bonds is 5. The number of benzene rings is 1. The van der Waals surface area contributed by atoms with Crippen LogP contribution in [0.15, 0.2) is 24.3 Å². The third-order valence-corrected chi connectivity index (χ3v) is 4.70. The maximum atomic E-state index is 12.4. The minimum absolute atomic E-state index is 0.00701. The monoisotopic (exact) mass is 288 g/mol. The molecule has 0 bridgehead atoms. The van der Waals surface area contributed by atoms with E-state index >= 15 is 0 Å². The van der Waals surface area contributed by atoms with E-state index in [4.69, 9.17) is 4.74 Å². The average Bonchev–Trinajstić information content (AvgIpc) is 3.08. The lowest BCUT2D eigenvalue weighted by molar-refractivity contribution is -0.123. The lowest BCUT2D eigenvalue weighted by Crippen LogP contribution is -2.43. The van der Waals surface area contributed by atoms with Gasteiger partial charge in [-0.3, -0.25) is 4.79 Å². The fourth-order valence-corrected chi connectivity index (χ4v) is 3.69. The van der Waals surface area contributed by atoms with Crippen molar-refractivity contribution in [3.63, 3.8) is 0 Å². The third-order valence-electron chi connectivity index (χ3n) is 4.70. The summed E-state index contributed by atoms with van der Waals surface area (Å²) in [4.78, 5) is 12.4. The smallest absolute Gasteiger partial charge is 0.237 e. The first-order chi connectivity index (χ1) is 10.3. The van der Waals surface area contributed by atoms with Crippen LogP contribution in [0, 0.1) is 11.8 Å². The van der Waals surface area contributed by atoms with E-state index in [9.17, 15) is 4.79 Å². The van der Waals surface area contributed by atoms with Crippen molar-refractivity contribution >= 4 is 5.91 Å². The molecule has 2 fully saturated rings. The molecule has 1 saturated carbocycles. The second-order valence-corrected chi connectivity index (χ2v) is 6.04. The quantitative estimate of drug-likeness (QED) is 0.872. The van der Waals surface area contributed by atoms with Gasteiger partial charge >= 0.3 is 0 Å². The highest BCUT2D eigenvalue weighted by molar-refractivity contribution is 5.82. The Bertz CT molecular complexity index is 503. The summed E-state index contributed by atoms with van der Waals surface area (Å²) in [7, 11) is 0. The van der Waals surface area contributed by atoms with Crippen LogP contribution in [0.3, 0.4) is 0 Å². The molecule has 3 rings (SSSR count). The fraction of sp³-hybridized carbons (Fsp3) is 0.588. The molecule has 0 radical (unpaired) electrons. The molecule has 1 aliphatic carbocycles. The normalized spacial score (nSPS) is 27.4. The predicted octanol–water partition coefficient (Wildman–Crippen LogP) is 2.09. The van der Waals surface area contributed by atoms with E-state index in [1.807, 2.05) is 31.2 Å².